The predicted octanol–water partition coefficient (Wildman–Crippen LogP) is 2.06. The smallest absolute Gasteiger partial charge is 0.344 e. The van der Waals surface area contributed by atoms with Gasteiger partial charge in [-0.25, -0.2) is 4.79 Å². The third-order valence-corrected chi connectivity index (χ3v) is 3.07. The molecule has 0 heterocycles. The highest BCUT2D eigenvalue weighted by Gasteiger charge is 2.41. The van der Waals surface area contributed by atoms with E-state index in [1.807, 2.05) is 13.8 Å². The lowest BCUT2D eigenvalue weighted by Gasteiger charge is -2.20. The Kier molecular flexibility index (Phi) is 3.61. The molecule has 0 saturated heterocycles. The minimum Gasteiger partial charge on any atom is -0.457 e. The minimum atomic E-state index is -0.538. The van der Waals surface area contributed by atoms with Gasteiger partial charge in [0.05, 0.1) is 5.41 Å². The average Bonchev–Trinajstić information content (AvgIpc) is 2.92. The molecule has 1 fully saturated rings. The highest BCUT2D eigenvalue weighted by Crippen LogP contribution is 2.38. The van der Waals surface area contributed by atoms with Crippen molar-refractivity contribution in [3.63, 3.8) is 0 Å². The summed E-state index contributed by atoms with van der Waals surface area (Å²) in [5, 5.41) is 0. The fourth-order valence-electron chi connectivity index (χ4n) is 1.05. The lowest BCUT2D eigenvalue weighted by atomic mass is 9.91. The Hall–Kier alpha value is -1.06. The fraction of sp³-hybridized carbons (Fsp3) is 0.833. The highest BCUT2D eigenvalue weighted by atomic mass is 16.6. The van der Waals surface area contributed by atoms with Crippen LogP contribution in [0, 0.1) is 5.41 Å². The first-order chi connectivity index (χ1) is 7.29. The molecule has 0 aromatic rings. The van der Waals surface area contributed by atoms with Gasteiger partial charge in [-0.15, -0.1) is 0 Å². The van der Waals surface area contributed by atoms with Crippen LogP contribution >= 0.6 is 0 Å². The van der Waals surface area contributed by atoms with Gasteiger partial charge in [0.25, 0.3) is 0 Å². The molecular weight excluding hydrogens is 208 g/mol. The molecule has 1 aliphatic carbocycles. The van der Waals surface area contributed by atoms with E-state index >= 15 is 0 Å². The summed E-state index contributed by atoms with van der Waals surface area (Å²) in [5.74, 6) is -0.812. The van der Waals surface area contributed by atoms with Crippen LogP contribution in [0.2, 0.25) is 0 Å². The van der Waals surface area contributed by atoms with E-state index in [0.29, 0.717) is 6.42 Å². The number of hydrogen-bond donors (Lipinski definition) is 0. The first kappa shape index (κ1) is 13.0. The Morgan fingerprint density at radius 1 is 1.31 bits per heavy atom. The second-order valence-electron chi connectivity index (χ2n) is 5.24. The third-order valence-electron chi connectivity index (χ3n) is 3.07. The molecule has 0 aliphatic heterocycles. The second-order valence-corrected chi connectivity index (χ2v) is 5.24. The van der Waals surface area contributed by atoms with Crippen LogP contribution in [0.5, 0.6) is 0 Å². The Balaban J connectivity index is 2.29. The Morgan fingerprint density at radius 3 is 2.31 bits per heavy atom. The van der Waals surface area contributed by atoms with Crippen molar-refractivity contribution in [2.24, 2.45) is 5.41 Å². The van der Waals surface area contributed by atoms with Crippen molar-refractivity contribution in [3.8, 4) is 0 Å². The zero-order chi connectivity index (χ0) is 12.4. The molecule has 1 rings (SSSR count). The maximum absolute atomic E-state index is 11.6. The molecule has 0 unspecified atom stereocenters. The van der Waals surface area contributed by atoms with Gasteiger partial charge in [0.1, 0.15) is 5.60 Å². The molecule has 1 aliphatic rings. The van der Waals surface area contributed by atoms with Gasteiger partial charge in [0.15, 0.2) is 6.61 Å². The van der Waals surface area contributed by atoms with Crippen LogP contribution in [0.15, 0.2) is 0 Å². The van der Waals surface area contributed by atoms with Crippen molar-refractivity contribution >= 4 is 11.9 Å². The van der Waals surface area contributed by atoms with Crippen molar-refractivity contribution in [2.75, 3.05) is 6.61 Å². The van der Waals surface area contributed by atoms with E-state index < -0.39 is 11.4 Å². The number of ether oxygens (including phenoxy) is 2. The zero-order valence-corrected chi connectivity index (χ0v) is 10.5. The Morgan fingerprint density at radius 2 is 1.88 bits per heavy atom. The van der Waals surface area contributed by atoms with E-state index in [-0.39, 0.29) is 18.2 Å². The third kappa shape index (κ3) is 3.51. The summed E-state index contributed by atoms with van der Waals surface area (Å²) in [6.07, 6.45) is 2.47. The summed E-state index contributed by atoms with van der Waals surface area (Å²) < 4.78 is 10.0. The van der Waals surface area contributed by atoms with E-state index in [1.165, 1.54) is 0 Å². The topological polar surface area (TPSA) is 52.6 Å². The van der Waals surface area contributed by atoms with Crippen molar-refractivity contribution in [1.82, 2.24) is 0 Å². The second kappa shape index (κ2) is 4.44. The summed E-state index contributed by atoms with van der Waals surface area (Å²) in [5.41, 5.74) is -0.840. The number of carbonyl (C=O) groups is 2. The first-order valence-electron chi connectivity index (χ1n) is 5.68. The molecule has 4 nitrogen and oxygen atoms in total. The maximum Gasteiger partial charge on any atom is 0.344 e. The molecule has 0 atom stereocenters. The molecular formula is C12H20O4. The highest BCUT2D eigenvalue weighted by molar-refractivity contribution is 5.80. The van der Waals surface area contributed by atoms with Crippen LogP contribution in [0.4, 0.5) is 0 Å². The maximum atomic E-state index is 11.6. The molecule has 0 N–H and O–H groups in total. The predicted molar refractivity (Wildman–Crippen MR) is 58.8 cm³/mol. The SMILES string of the molecule is CCC(C)(C)C(=O)OCC(=O)OC1(C)CC1. The van der Waals surface area contributed by atoms with Crippen LogP contribution in [-0.2, 0) is 19.1 Å². The van der Waals surface area contributed by atoms with Gasteiger partial charge in [-0.2, -0.15) is 0 Å². The monoisotopic (exact) mass is 228 g/mol. The van der Waals surface area contributed by atoms with Gasteiger partial charge < -0.3 is 9.47 Å². The normalized spacial score (nSPS) is 17.8. The number of rotatable bonds is 5. The van der Waals surface area contributed by atoms with E-state index in [0.717, 1.165) is 12.8 Å². The average molecular weight is 228 g/mol. The standard InChI is InChI=1S/C12H20O4/c1-5-11(2,3)10(14)15-8-9(13)16-12(4)6-7-12/h5-8H2,1-4H3. The van der Waals surface area contributed by atoms with Crippen LogP contribution in [0.1, 0.15) is 47.0 Å². The molecule has 16 heavy (non-hydrogen) atoms. The van der Waals surface area contributed by atoms with Gasteiger partial charge in [-0.1, -0.05) is 6.92 Å². The summed E-state index contributed by atoms with van der Waals surface area (Å²) in [7, 11) is 0. The van der Waals surface area contributed by atoms with E-state index in [2.05, 4.69) is 0 Å². The molecule has 1 saturated carbocycles. The summed E-state index contributed by atoms with van der Waals surface area (Å²) >= 11 is 0. The van der Waals surface area contributed by atoms with Crippen LogP contribution in [0.3, 0.4) is 0 Å². The minimum absolute atomic E-state index is 0.280. The van der Waals surface area contributed by atoms with E-state index in [4.69, 9.17) is 9.47 Å². The van der Waals surface area contributed by atoms with Gasteiger partial charge in [-0.3, -0.25) is 4.79 Å². The van der Waals surface area contributed by atoms with Crippen molar-refractivity contribution < 1.29 is 19.1 Å². The van der Waals surface area contributed by atoms with Gasteiger partial charge in [-0.05, 0) is 40.0 Å². The Labute approximate surface area is 96.3 Å². The molecule has 0 radical (unpaired) electrons. The van der Waals surface area contributed by atoms with Crippen LogP contribution in [0.25, 0.3) is 0 Å². The van der Waals surface area contributed by atoms with Gasteiger partial charge in [0, 0.05) is 0 Å². The molecule has 0 bridgehead atoms. The zero-order valence-electron chi connectivity index (χ0n) is 10.5. The molecule has 0 aromatic carbocycles. The molecule has 0 amide bonds. The van der Waals surface area contributed by atoms with E-state index in [1.54, 1.807) is 13.8 Å². The molecule has 0 aromatic heterocycles. The largest absolute Gasteiger partial charge is 0.457 e. The fourth-order valence-corrected chi connectivity index (χ4v) is 1.05. The number of hydrogen-bond acceptors (Lipinski definition) is 4. The summed E-state index contributed by atoms with van der Waals surface area (Å²) in [6.45, 7) is 7.09. The lowest BCUT2D eigenvalue weighted by Crippen LogP contribution is -2.29. The first-order valence-corrected chi connectivity index (χ1v) is 5.68. The van der Waals surface area contributed by atoms with Gasteiger partial charge >= 0.3 is 11.9 Å². The van der Waals surface area contributed by atoms with Crippen LogP contribution < -0.4 is 0 Å². The van der Waals surface area contributed by atoms with Crippen molar-refractivity contribution in [2.45, 2.75) is 52.6 Å². The lowest BCUT2D eigenvalue weighted by molar-refractivity contribution is -0.167. The summed E-state index contributed by atoms with van der Waals surface area (Å²) in [4.78, 5) is 22.9. The summed E-state index contributed by atoms with van der Waals surface area (Å²) in [6, 6.07) is 0. The molecule has 0 spiro atoms. The van der Waals surface area contributed by atoms with Crippen LogP contribution in [-0.4, -0.2) is 24.1 Å². The molecule has 92 valence electrons. The quantitative estimate of drug-likeness (QED) is 0.676. The molecule has 4 heteroatoms. The number of carbonyl (C=O) groups excluding carboxylic acids is 2. The van der Waals surface area contributed by atoms with Crippen molar-refractivity contribution in [1.29, 1.82) is 0 Å². The van der Waals surface area contributed by atoms with E-state index in [9.17, 15) is 9.59 Å². The van der Waals surface area contributed by atoms with Crippen molar-refractivity contribution in [3.05, 3.63) is 0 Å². The number of esters is 2. The Bertz CT molecular complexity index is 289. The van der Waals surface area contributed by atoms with Gasteiger partial charge in [0.2, 0.25) is 0 Å².